The third-order valence-electron chi connectivity index (χ3n) is 1.92. The highest BCUT2D eigenvalue weighted by Gasteiger charge is 2.26. The predicted molar refractivity (Wildman–Crippen MR) is 40.5 cm³/mol. The number of Topliss-reactive ketones (excluding diaryl/α,β-unsaturated/α-hetero) is 1. The first kappa shape index (κ1) is 6.58. The maximum atomic E-state index is 11.0. The van der Waals surface area contributed by atoms with E-state index in [0.717, 1.165) is 5.69 Å². The average Bonchev–Trinajstić information content (AvgIpc) is 2.68. The first-order valence-corrected chi connectivity index (χ1v) is 3.83. The molecule has 0 unspecified atom stereocenters. The zero-order valence-electron chi connectivity index (χ0n) is 6.45. The molecule has 2 rings (SSSR count). The third kappa shape index (κ3) is 1.06. The molecule has 0 amide bonds. The standard InChI is InChI=1S/C8H10N2O/c1-6(11)8-4-5-9-10(8)7-2-3-7/h4-5,7H,2-3H2,1H3. The van der Waals surface area contributed by atoms with Crippen molar-refractivity contribution in [3.8, 4) is 0 Å². The zero-order valence-corrected chi connectivity index (χ0v) is 6.45. The van der Waals surface area contributed by atoms with Gasteiger partial charge in [-0.1, -0.05) is 0 Å². The van der Waals surface area contributed by atoms with E-state index in [1.165, 1.54) is 12.8 Å². The van der Waals surface area contributed by atoms with Crippen LogP contribution in [0.3, 0.4) is 0 Å². The van der Waals surface area contributed by atoms with E-state index in [9.17, 15) is 4.79 Å². The van der Waals surface area contributed by atoms with E-state index >= 15 is 0 Å². The van der Waals surface area contributed by atoms with E-state index in [1.807, 2.05) is 4.68 Å². The molecule has 1 aromatic rings. The number of rotatable bonds is 2. The smallest absolute Gasteiger partial charge is 0.177 e. The Morgan fingerprint density at radius 1 is 1.73 bits per heavy atom. The monoisotopic (exact) mass is 150 g/mol. The highest BCUT2D eigenvalue weighted by atomic mass is 16.1. The van der Waals surface area contributed by atoms with Gasteiger partial charge < -0.3 is 0 Å². The molecule has 1 aromatic heterocycles. The van der Waals surface area contributed by atoms with E-state index in [4.69, 9.17) is 0 Å². The van der Waals surface area contributed by atoms with Gasteiger partial charge in [0.25, 0.3) is 0 Å². The fourth-order valence-corrected chi connectivity index (χ4v) is 1.20. The van der Waals surface area contributed by atoms with Gasteiger partial charge >= 0.3 is 0 Å². The molecule has 0 aromatic carbocycles. The minimum Gasteiger partial charge on any atom is -0.293 e. The second kappa shape index (κ2) is 2.19. The van der Waals surface area contributed by atoms with Crippen LogP contribution in [0.4, 0.5) is 0 Å². The second-order valence-electron chi connectivity index (χ2n) is 2.95. The molecule has 0 bridgehead atoms. The summed E-state index contributed by atoms with van der Waals surface area (Å²) in [7, 11) is 0. The van der Waals surface area contributed by atoms with Crippen LogP contribution >= 0.6 is 0 Å². The largest absolute Gasteiger partial charge is 0.293 e. The lowest BCUT2D eigenvalue weighted by atomic mass is 10.3. The van der Waals surface area contributed by atoms with Crippen molar-refractivity contribution in [3.05, 3.63) is 18.0 Å². The van der Waals surface area contributed by atoms with Crippen molar-refractivity contribution in [2.75, 3.05) is 0 Å². The average molecular weight is 150 g/mol. The summed E-state index contributed by atoms with van der Waals surface area (Å²) in [6.07, 6.45) is 4.03. The van der Waals surface area contributed by atoms with Crippen molar-refractivity contribution in [3.63, 3.8) is 0 Å². The van der Waals surface area contributed by atoms with Gasteiger partial charge in [0.05, 0.1) is 6.04 Å². The van der Waals surface area contributed by atoms with Crippen molar-refractivity contribution >= 4 is 5.78 Å². The van der Waals surface area contributed by atoms with Gasteiger partial charge in [-0.3, -0.25) is 9.48 Å². The van der Waals surface area contributed by atoms with Crippen LogP contribution in [0.5, 0.6) is 0 Å². The van der Waals surface area contributed by atoms with Gasteiger partial charge in [0.1, 0.15) is 5.69 Å². The van der Waals surface area contributed by atoms with Gasteiger partial charge in [0.2, 0.25) is 0 Å². The van der Waals surface area contributed by atoms with Crippen LogP contribution in [0.2, 0.25) is 0 Å². The highest BCUT2D eigenvalue weighted by molar-refractivity contribution is 5.92. The van der Waals surface area contributed by atoms with E-state index in [1.54, 1.807) is 19.2 Å². The first-order chi connectivity index (χ1) is 5.29. The summed E-state index contributed by atoms with van der Waals surface area (Å²) >= 11 is 0. The summed E-state index contributed by atoms with van der Waals surface area (Å²) in [6, 6.07) is 2.28. The van der Waals surface area contributed by atoms with Gasteiger partial charge in [-0.15, -0.1) is 0 Å². The molecule has 1 aliphatic carbocycles. The van der Waals surface area contributed by atoms with E-state index in [0.29, 0.717) is 6.04 Å². The minimum atomic E-state index is 0.106. The Kier molecular flexibility index (Phi) is 1.31. The van der Waals surface area contributed by atoms with Crippen LogP contribution in [0.25, 0.3) is 0 Å². The van der Waals surface area contributed by atoms with Crippen LogP contribution < -0.4 is 0 Å². The Labute approximate surface area is 65.0 Å². The van der Waals surface area contributed by atoms with Gasteiger partial charge in [-0.05, 0) is 18.9 Å². The molecule has 0 atom stereocenters. The third-order valence-corrected chi connectivity index (χ3v) is 1.92. The Bertz CT molecular complexity index is 286. The Morgan fingerprint density at radius 2 is 2.45 bits per heavy atom. The first-order valence-electron chi connectivity index (χ1n) is 3.83. The van der Waals surface area contributed by atoms with Crippen molar-refractivity contribution in [2.45, 2.75) is 25.8 Å². The minimum absolute atomic E-state index is 0.106. The van der Waals surface area contributed by atoms with Crippen molar-refractivity contribution in [2.24, 2.45) is 0 Å². The molecule has 3 nitrogen and oxygen atoms in total. The molecular weight excluding hydrogens is 140 g/mol. The van der Waals surface area contributed by atoms with E-state index < -0.39 is 0 Å². The molecule has 0 N–H and O–H groups in total. The Balaban J connectivity index is 2.37. The highest BCUT2D eigenvalue weighted by Crippen LogP contribution is 2.34. The molecule has 11 heavy (non-hydrogen) atoms. The van der Waals surface area contributed by atoms with Crippen molar-refractivity contribution < 1.29 is 4.79 Å². The summed E-state index contributed by atoms with van der Waals surface area (Å²) in [5, 5.41) is 4.10. The second-order valence-corrected chi connectivity index (χ2v) is 2.95. The number of carbonyl (C=O) groups excluding carboxylic acids is 1. The summed E-state index contributed by atoms with van der Waals surface area (Å²) < 4.78 is 1.84. The number of hydrogen-bond acceptors (Lipinski definition) is 2. The topological polar surface area (TPSA) is 34.9 Å². The number of carbonyl (C=O) groups is 1. The molecule has 3 heteroatoms. The summed E-state index contributed by atoms with van der Waals surface area (Å²) in [6.45, 7) is 1.58. The van der Waals surface area contributed by atoms with Crippen LogP contribution in [-0.2, 0) is 0 Å². The SMILES string of the molecule is CC(=O)c1ccnn1C1CC1. The molecule has 0 spiro atoms. The zero-order chi connectivity index (χ0) is 7.84. The molecule has 58 valence electrons. The van der Waals surface area contributed by atoms with Crippen LogP contribution in [0.1, 0.15) is 36.3 Å². The lowest BCUT2D eigenvalue weighted by Gasteiger charge is -2.00. The fraction of sp³-hybridized carbons (Fsp3) is 0.500. The van der Waals surface area contributed by atoms with E-state index in [-0.39, 0.29) is 5.78 Å². The molecular formula is C8H10N2O. The predicted octanol–water partition coefficient (Wildman–Crippen LogP) is 1.42. The van der Waals surface area contributed by atoms with Crippen LogP contribution in [0.15, 0.2) is 12.3 Å². The quantitative estimate of drug-likeness (QED) is 0.597. The number of hydrogen-bond donors (Lipinski definition) is 0. The van der Waals surface area contributed by atoms with Crippen molar-refractivity contribution in [1.82, 2.24) is 9.78 Å². The normalized spacial score (nSPS) is 16.8. The van der Waals surface area contributed by atoms with Crippen LogP contribution in [-0.4, -0.2) is 15.6 Å². The summed E-state index contributed by atoms with van der Waals surface area (Å²) in [4.78, 5) is 11.0. The number of nitrogens with zero attached hydrogens (tertiary/aromatic N) is 2. The van der Waals surface area contributed by atoms with Gasteiger partial charge in [-0.2, -0.15) is 5.10 Å². The molecule has 0 radical (unpaired) electrons. The number of aromatic nitrogens is 2. The van der Waals surface area contributed by atoms with Crippen molar-refractivity contribution in [1.29, 1.82) is 0 Å². The lowest BCUT2D eigenvalue weighted by molar-refractivity contribution is 0.100. The Hall–Kier alpha value is -1.12. The molecule has 1 saturated carbocycles. The molecule has 1 fully saturated rings. The fourth-order valence-electron chi connectivity index (χ4n) is 1.20. The molecule has 0 saturated heterocycles. The molecule has 1 aliphatic rings. The molecule has 1 heterocycles. The van der Waals surface area contributed by atoms with Crippen LogP contribution in [0, 0.1) is 0 Å². The van der Waals surface area contributed by atoms with Gasteiger partial charge in [0, 0.05) is 13.1 Å². The van der Waals surface area contributed by atoms with Gasteiger partial charge in [-0.25, -0.2) is 0 Å². The van der Waals surface area contributed by atoms with Gasteiger partial charge in [0.15, 0.2) is 5.78 Å². The maximum absolute atomic E-state index is 11.0. The lowest BCUT2D eigenvalue weighted by Crippen LogP contribution is -2.05. The maximum Gasteiger partial charge on any atom is 0.177 e. The number of ketones is 1. The van der Waals surface area contributed by atoms with E-state index in [2.05, 4.69) is 5.10 Å². The summed E-state index contributed by atoms with van der Waals surface area (Å²) in [5.41, 5.74) is 0.743. The summed E-state index contributed by atoms with van der Waals surface area (Å²) in [5.74, 6) is 0.106. The molecule has 0 aliphatic heterocycles. The Morgan fingerprint density at radius 3 is 3.00 bits per heavy atom.